The molecule has 0 fully saturated rings. The average molecular weight is 260 g/mol. The largest absolute Gasteiger partial charge is 0.481 e. The first kappa shape index (κ1) is 14.8. The minimum atomic E-state index is -0.833. The second kappa shape index (κ2) is 7.94. The molecule has 0 saturated heterocycles. The monoisotopic (exact) mass is 260 g/mol. The molecule has 0 aliphatic heterocycles. The number of aliphatic hydroxyl groups is 1. The van der Waals surface area contributed by atoms with Crippen LogP contribution in [0.4, 0.5) is 0 Å². The predicted molar refractivity (Wildman–Crippen MR) is 70.4 cm³/mol. The molecule has 2 heterocycles. The normalized spacial score (nSPS) is 11.1. The summed E-state index contributed by atoms with van der Waals surface area (Å²) in [5, 5.41) is 17.3. The lowest BCUT2D eigenvalue weighted by Crippen LogP contribution is -2.02. The smallest absolute Gasteiger partial charge is 0.300 e. The van der Waals surface area contributed by atoms with Gasteiger partial charge in [-0.1, -0.05) is 12.1 Å². The van der Waals surface area contributed by atoms with Gasteiger partial charge < -0.3 is 10.2 Å². The molecular formula is C14H16N2O3. The Labute approximate surface area is 111 Å². The third-order valence-corrected chi connectivity index (χ3v) is 2.22. The van der Waals surface area contributed by atoms with E-state index in [4.69, 9.17) is 9.90 Å². The van der Waals surface area contributed by atoms with E-state index in [0.717, 1.165) is 18.1 Å². The minimum Gasteiger partial charge on any atom is -0.481 e. The number of rotatable bonds is 3. The average Bonchev–Trinajstić information content (AvgIpc) is 2.40. The molecule has 0 aliphatic rings. The summed E-state index contributed by atoms with van der Waals surface area (Å²) < 4.78 is 0. The maximum atomic E-state index is 9.91. The first-order chi connectivity index (χ1) is 9.09. The van der Waals surface area contributed by atoms with E-state index < -0.39 is 12.1 Å². The van der Waals surface area contributed by atoms with E-state index >= 15 is 0 Å². The van der Waals surface area contributed by atoms with Gasteiger partial charge in [0.2, 0.25) is 0 Å². The number of pyridine rings is 2. The molecule has 5 nitrogen and oxygen atoms in total. The number of hydrogen-bond donors (Lipinski definition) is 2. The van der Waals surface area contributed by atoms with E-state index in [1.54, 1.807) is 24.8 Å². The van der Waals surface area contributed by atoms with Crippen molar-refractivity contribution in [1.82, 2.24) is 9.97 Å². The quantitative estimate of drug-likeness (QED) is 0.879. The Balaban J connectivity index is 0.000000399. The zero-order valence-corrected chi connectivity index (χ0v) is 10.6. The molecule has 2 aromatic rings. The molecular weight excluding hydrogens is 244 g/mol. The van der Waals surface area contributed by atoms with Crippen molar-refractivity contribution in [3.63, 3.8) is 0 Å². The Bertz CT molecular complexity index is 485. The van der Waals surface area contributed by atoms with Gasteiger partial charge in [-0.05, 0) is 23.3 Å². The van der Waals surface area contributed by atoms with Crippen molar-refractivity contribution in [2.75, 3.05) is 0 Å². The Morgan fingerprint density at radius 3 is 2.26 bits per heavy atom. The van der Waals surface area contributed by atoms with E-state index in [9.17, 15) is 5.11 Å². The third kappa shape index (κ3) is 6.28. The number of carbonyl (C=O) groups is 1. The topological polar surface area (TPSA) is 83.3 Å². The van der Waals surface area contributed by atoms with Gasteiger partial charge in [-0.2, -0.15) is 0 Å². The number of aliphatic carboxylic acids is 1. The number of carboxylic acids is 1. The summed E-state index contributed by atoms with van der Waals surface area (Å²) in [6.07, 6.45) is 6.92. The van der Waals surface area contributed by atoms with E-state index in [0.29, 0.717) is 6.42 Å². The molecule has 0 aliphatic carbocycles. The Kier molecular flexibility index (Phi) is 6.18. The molecule has 2 N–H and O–H groups in total. The predicted octanol–water partition coefficient (Wildman–Crippen LogP) is 1.84. The highest BCUT2D eigenvalue weighted by Gasteiger charge is 2.07. The van der Waals surface area contributed by atoms with E-state index in [1.807, 2.05) is 24.3 Å². The molecule has 2 aromatic heterocycles. The van der Waals surface area contributed by atoms with Gasteiger partial charge in [-0.3, -0.25) is 14.8 Å². The molecule has 0 radical (unpaired) electrons. The molecule has 0 saturated carbocycles. The second-order valence-corrected chi connectivity index (χ2v) is 3.89. The fourth-order valence-electron chi connectivity index (χ4n) is 1.43. The van der Waals surface area contributed by atoms with Crippen molar-refractivity contribution in [1.29, 1.82) is 0 Å². The molecule has 1 unspecified atom stereocenters. The van der Waals surface area contributed by atoms with Gasteiger partial charge in [0.25, 0.3) is 5.97 Å². The minimum absolute atomic E-state index is 0.511. The molecule has 1 atom stereocenters. The van der Waals surface area contributed by atoms with Crippen LogP contribution < -0.4 is 0 Å². The van der Waals surface area contributed by atoms with Crippen LogP contribution in [-0.2, 0) is 11.2 Å². The van der Waals surface area contributed by atoms with Gasteiger partial charge >= 0.3 is 0 Å². The van der Waals surface area contributed by atoms with Crippen molar-refractivity contribution in [2.45, 2.75) is 19.4 Å². The van der Waals surface area contributed by atoms with Crippen LogP contribution in [-0.4, -0.2) is 26.2 Å². The van der Waals surface area contributed by atoms with Gasteiger partial charge in [0, 0.05) is 38.1 Å². The number of aromatic nitrogens is 2. The second-order valence-electron chi connectivity index (χ2n) is 3.89. The molecule has 100 valence electrons. The Morgan fingerprint density at radius 2 is 1.79 bits per heavy atom. The lowest BCUT2D eigenvalue weighted by molar-refractivity contribution is -0.134. The molecule has 0 aromatic carbocycles. The zero-order valence-electron chi connectivity index (χ0n) is 10.6. The third-order valence-electron chi connectivity index (χ3n) is 2.22. The molecule has 19 heavy (non-hydrogen) atoms. The number of hydrogen-bond acceptors (Lipinski definition) is 4. The van der Waals surface area contributed by atoms with Gasteiger partial charge in [-0.15, -0.1) is 0 Å². The summed E-state index contributed by atoms with van der Waals surface area (Å²) in [4.78, 5) is 17.0. The van der Waals surface area contributed by atoms with E-state index in [2.05, 4.69) is 9.97 Å². The lowest BCUT2D eigenvalue weighted by atomic mass is 10.0. The number of aliphatic hydroxyl groups excluding tert-OH is 1. The molecule has 0 bridgehead atoms. The highest BCUT2D eigenvalue weighted by atomic mass is 16.4. The van der Waals surface area contributed by atoms with E-state index in [1.165, 1.54) is 0 Å². The lowest BCUT2D eigenvalue weighted by Gasteiger charge is -2.09. The SMILES string of the molecule is CC(=O)O.OC(Cc1cccnc1)c1cccnc1. The zero-order chi connectivity index (χ0) is 14.1. The van der Waals surface area contributed by atoms with Crippen molar-refractivity contribution in [2.24, 2.45) is 0 Å². The number of carboxylic acid groups (broad SMARTS) is 1. The summed E-state index contributed by atoms with van der Waals surface area (Å²) in [6, 6.07) is 7.51. The highest BCUT2D eigenvalue weighted by molar-refractivity contribution is 5.62. The van der Waals surface area contributed by atoms with Gasteiger partial charge in [0.1, 0.15) is 0 Å². The summed E-state index contributed by atoms with van der Waals surface area (Å²) in [7, 11) is 0. The van der Waals surface area contributed by atoms with Crippen molar-refractivity contribution in [3.05, 3.63) is 60.2 Å². The van der Waals surface area contributed by atoms with Crippen LogP contribution in [0, 0.1) is 0 Å². The fraction of sp³-hybridized carbons (Fsp3) is 0.214. The van der Waals surface area contributed by atoms with Crippen molar-refractivity contribution in [3.8, 4) is 0 Å². The first-order valence-corrected chi connectivity index (χ1v) is 5.76. The maximum absolute atomic E-state index is 9.91. The van der Waals surface area contributed by atoms with Gasteiger partial charge in [-0.25, -0.2) is 0 Å². The van der Waals surface area contributed by atoms with Gasteiger partial charge in [0.05, 0.1) is 6.10 Å². The molecule has 5 heteroatoms. The summed E-state index contributed by atoms with van der Waals surface area (Å²) in [5.41, 5.74) is 1.86. The Hall–Kier alpha value is -2.27. The van der Waals surface area contributed by atoms with Crippen LogP contribution in [0.25, 0.3) is 0 Å². The first-order valence-electron chi connectivity index (χ1n) is 5.76. The van der Waals surface area contributed by atoms with Crippen molar-refractivity contribution >= 4 is 5.97 Å². The number of nitrogens with zero attached hydrogens (tertiary/aromatic N) is 2. The fourth-order valence-corrected chi connectivity index (χ4v) is 1.43. The standard InChI is InChI=1S/C12H12N2O.C2H4O2/c15-12(11-4-2-6-14-9-11)7-10-3-1-5-13-8-10;1-2(3)4/h1-6,8-9,12,15H,7H2;1H3,(H,3,4). The van der Waals surface area contributed by atoms with Crippen LogP contribution in [0.3, 0.4) is 0 Å². The highest BCUT2D eigenvalue weighted by Crippen LogP contribution is 2.16. The van der Waals surface area contributed by atoms with Crippen LogP contribution in [0.2, 0.25) is 0 Å². The van der Waals surface area contributed by atoms with E-state index in [-0.39, 0.29) is 0 Å². The summed E-state index contributed by atoms with van der Waals surface area (Å²) in [5.74, 6) is -0.833. The van der Waals surface area contributed by atoms with Crippen molar-refractivity contribution < 1.29 is 15.0 Å². The molecule has 2 rings (SSSR count). The Morgan fingerprint density at radius 1 is 1.21 bits per heavy atom. The van der Waals surface area contributed by atoms with Crippen LogP contribution in [0.1, 0.15) is 24.2 Å². The maximum Gasteiger partial charge on any atom is 0.300 e. The summed E-state index contributed by atoms with van der Waals surface area (Å²) in [6.45, 7) is 1.08. The van der Waals surface area contributed by atoms with Crippen LogP contribution in [0.5, 0.6) is 0 Å². The van der Waals surface area contributed by atoms with Crippen LogP contribution >= 0.6 is 0 Å². The molecule has 0 spiro atoms. The summed E-state index contributed by atoms with van der Waals surface area (Å²) >= 11 is 0. The van der Waals surface area contributed by atoms with Gasteiger partial charge in [0.15, 0.2) is 0 Å². The molecule has 0 amide bonds. The van der Waals surface area contributed by atoms with Crippen LogP contribution in [0.15, 0.2) is 49.1 Å².